The summed E-state index contributed by atoms with van der Waals surface area (Å²) in [4.78, 5) is 21.2. The molecule has 2 aromatic heterocycles. The standard InChI is InChI=1S/C26H28N6O/c1-16-7-12-20(13-16)32-25-22(24(27)29-15-30-25)23(31-32)19-10-8-18(9-11-19)14-28-26(33)21-6-4-3-5-17(21)2/h3-6,8-11,15-16,20H,7,12-14H2,1-2H3,(H,28,33)(H2,27,29,30). The summed E-state index contributed by atoms with van der Waals surface area (Å²) in [6.45, 7) is 4.68. The highest BCUT2D eigenvalue weighted by Crippen LogP contribution is 2.38. The average Bonchev–Trinajstić information content (AvgIpc) is 3.42. The number of nitrogens with zero attached hydrogens (tertiary/aromatic N) is 4. The Morgan fingerprint density at radius 1 is 1.12 bits per heavy atom. The van der Waals surface area contributed by atoms with Gasteiger partial charge in [0.2, 0.25) is 0 Å². The van der Waals surface area contributed by atoms with E-state index in [1.165, 1.54) is 12.7 Å². The van der Waals surface area contributed by atoms with Crippen molar-refractivity contribution < 1.29 is 4.79 Å². The van der Waals surface area contributed by atoms with Crippen LogP contribution in [-0.2, 0) is 6.54 Å². The quantitative estimate of drug-likeness (QED) is 0.470. The number of fused-ring (bicyclic) bond motifs is 1. The Hall–Kier alpha value is -3.74. The van der Waals surface area contributed by atoms with Gasteiger partial charge in [-0.2, -0.15) is 5.10 Å². The molecular weight excluding hydrogens is 412 g/mol. The predicted molar refractivity (Wildman–Crippen MR) is 130 cm³/mol. The number of aromatic nitrogens is 4. The first-order valence-electron chi connectivity index (χ1n) is 11.4. The number of hydrogen-bond acceptors (Lipinski definition) is 5. The van der Waals surface area contributed by atoms with Gasteiger partial charge in [0.1, 0.15) is 17.8 Å². The Labute approximate surface area is 193 Å². The van der Waals surface area contributed by atoms with Crippen molar-refractivity contribution in [2.45, 2.75) is 45.7 Å². The fourth-order valence-corrected chi connectivity index (χ4v) is 4.74. The van der Waals surface area contributed by atoms with Gasteiger partial charge in [0.25, 0.3) is 5.91 Å². The van der Waals surface area contributed by atoms with Crippen molar-refractivity contribution in [3.8, 4) is 11.3 Å². The minimum absolute atomic E-state index is 0.0716. The molecule has 0 saturated heterocycles. The molecule has 0 bridgehead atoms. The maximum Gasteiger partial charge on any atom is 0.251 e. The minimum atomic E-state index is -0.0716. The fraction of sp³-hybridized carbons (Fsp3) is 0.308. The number of benzene rings is 2. The second-order valence-electron chi connectivity index (χ2n) is 9.02. The Morgan fingerprint density at radius 3 is 2.64 bits per heavy atom. The molecule has 0 radical (unpaired) electrons. The molecule has 5 rings (SSSR count). The molecule has 3 N–H and O–H groups in total. The van der Waals surface area contributed by atoms with Gasteiger partial charge in [-0.1, -0.05) is 49.4 Å². The van der Waals surface area contributed by atoms with E-state index in [0.29, 0.717) is 29.9 Å². The molecule has 1 amide bonds. The number of anilines is 1. The molecule has 2 heterocycles. The van der Waals surface area contributed by atoms with Gasteiger partial charge in [-0.15, -0.1) is 0 Å². The van der Waals surface area contributed by atoms with Gasteiger partial charge in [-0.25, -0.2) is 14.6 Å². The van der Waals surface area contributed by atoms with E-state index in [4.69, 9.17) is 10.8 Å². The first kappa shape index (κ1) is 21.1. The molecule has 2 aromatic carbocycles. The van der Waals surface area contributed by atoms with E-state index in [0.717, 1.165) is 46.3 Å². The van der Waals surface area contributed by atoms with Crippen molar-refractivity contribution in [3.05, 3.63) is 71.5 Å². The van der Waals surface area contributed by atoms with Crippen LogP contribution in [0.25, 0.3) is 22.3 Å². The van der Waals surface area contributed by atoms with Crippen LogP contribution >= 0.6 is 0 Å². The summed E-state index contributed by atoms with van der Waals surface area (Å²) in [5, 5.41) is 8.76. The molecule has 7 heteroatoms. The lowest BCUT2D eigenvalue weighted by molar-refractivity contribution is 0.0950. The Morgan fingerprint density at radius 2 is 1.91 bits per heavy atom. The summed E-state index contributed by atoms with van der Waals surface area (Å²) < 4.78 is 2.04. The van der Waals surface area contributed by atoms with E-state index in [1.54, 1.807) is 0 Å². The van der Waals surface area contributed by atoms with Crippen LogP contribution in [0.5, 0.6) is 0 Å². The zero-order valence-corrected chi connectivity index (χ0v) is 19.0. The van der Waals surface area contributed by atoms with Gasteiger partial charge in [0, 0.05) is 17.7 Å². The van der Waals surface area contributed by atoms with E-state index < -0.39 is 0 Å². The lowest BCUT2D eigenvalue weighted by atomic mass is 10.1. The molecule has 1 fully saturated rings. The summed E-state index contributed by atoms with van der Waals surface area (Å²) in [7, 11) is 0. The summed E-state index contributed by atoms with van der Waals surface area (Å²) in [6, 6.07) is 16.0. The van der Waals surface area contributed by atoms with E-state index in [9.17, 15) is 4.79 Å². The van der Waals surface area contributed by atoms with E-state index >= 15 is 0 Å². The van der Waals surface area contributed by atoms with Crippen LogP contribution in [0.1, 0.15) is 53.7 Å². The van der Waals surface area contributed by atoms with E-state index in [2.05, 4.69) is 22.2 Å². The fourth-order valence-electron chi connectivity index (χ4n) is 4.74. The lowest BCUT2D eigenvalue weighted by Crippen LogP contribution is -2.23. The Balaban J connectivity index is 1.39. The molecule has 168 valence electrons. The van der Waals surface area contributed by atoms with Crippen LogP contribution in [0.3, 0.4) is 0 Å². The third kappa shape index (κ3) is 4.06. The van der Waals surface area contributed by atoms with Crippen LogP contribution in [0.4, 0.5) is 5.82 Å². The second-order valence-corrected chi connectivity index (χ2v) is 9.02. The molecule has 1 aliphatic rings. The highest BCUT2D eigenvalue weighted by atomic mass is 16.1. The molecule has 7 nitrogen and oxygen atoms in total. The topological polar surface area (TPSA) is 98.7 Å². The maximum atomic E-state index is 12.5. The van der Waals surface area contributed by atoms with Crippen LogP contribution in [0.15, 0.2) is 54.9 Å². The number of nitrogens with one attached hydrogen (secondary N) is 1. The van der Waals surface area contributed by atoms with Crippen molar-refractivity contribution in [3.63, 3.8) is 0 Å². The van der Waals surface area contributed by atoms with Crippen molar-refractivity contribution in [1.82, 2.24) is 25.1 Å². The Bertz CT molecular complexity index is 1310. The third-order valence-corrected chi connectivity index (χ3v) is 6.60. The van der Waals surface area contributed by atoms with Gasteiger partial charge < -0.3 is 11.1 Å². The van der Waals surface area contributed by atoms with Crippen molar-refractivity contribution >= 4 is 22.8 Å². The normalized spacial score (nSPS) is 18.0. The number of hydrogen-bond donors (Lipinski definition) is 2. The van der Waals surface area contributed by atoms with Gasteiger partial charge in [-0.05, 0) is 49.3 Å². The van der Waals surface area contributed by atoms with Crippen molar-refractivity contribution in [1.29, 1.82) is 0 Å². The molecule has 1 saturated carbocycles. The van der Waals surface area contributed by atoms with Gasteiger partial charge in [0.05, 0.1) is 11.4 Å². The predicted octanol–water partition coefficient (Wildman–Crippen LogP) is 4.68. The number of carbonyl (C=O) groups excluding carboxylic acids is 1. The van der Waals surface area contributed by atoms with Gasteiger partial charge in [-0.3, -0.25) is 4.79 Å². The largest absolute Gasteiger partial charge is 0.383 e. The maximum absolute atomic E-state index is 12.5. The SMILES string of the molecule is Cc1ccccc1C(=O)NCc1ccc(-c2nn(C3CCC(C)C3)c3ncnc(N)c23)cc1. The van der Waals surface area contributed by atoms with Crippen molar-refractivity contribution in [2.24, 2.45) is 5.92 Å². The average molecular weight is 441 g/mol. The zero-order valence-electron chi connectivity index (χ0n) is 19.0. The first-order chi connectivity index (χ1) is 16.0. The summed E-state index contributed by atoms with van der Waals surface area (Å²) >= 11 is 0. The number of aryl methyl sites for hydroxylation is 1. The molecule has 0 aliphatic heterocycles. The minimum Gasteiger partial charge on any atom is -0.383 e. The highest BCUT2D eigenvalue weighted by Gasteiger charge is 2.27. The summed E-state index contributed by atoms with van der Waals surface area (Å²) in [5.41, 5.74) is 11.5. The molecule has 4 aromatic rings. The Kier molecular flexibility index (Phi) is 5.54. The number of rotatable bonds is 5. The molecule has 1 aliphatic carbocycles. The van der Waals surface area contributed by atoms with Crippen molar-refractivity contribution in [2.75, 3.05) is 5.73 Å². The smallest absolute Gasteiger partial charge is 0.251 e. The van der Waals surface area contributed by atoms with Gasteiger partial charge >= 0.3 is 0 Å². The molecule has 33 heavy (non-hydrogen) atoms. The number of carbonyl (C=O) groups is 1. The second kappa shape index (κ2) is 8.65. The van der Waals surface area contributed by atoms with E-state index in [1.807, 2.05) is 60.1 Å². The molecule has 2 atom stereocenters. The molecule has 2 unspecified atom stereocenters. The summed E-state index contributed by atoms with van der Waals surface area (Å²) in [5.74, 6) is 1.06. The third-order valence-electron chi connectivity index (χ3n) is 6.60. The van der Waals surface area contributed by atoms with E-state index in [-0.39, 0.29) is 5.91 Å². The van der Waals surface area contributed by atoms with Crippen LogP contribution in [0, 0.1) is 12.8 Å². The van der Waals surface area contributed by atoms with Crippen LogP contribution < -0.4 is 11.1 Å². The van der Waals surface area contributed by atoms with Gasteiger partial charge in [0.15, 0.2) is 5.65 Å². The highest BCUT2D eigenvalue weighted by molar-refractivity contribution is 5.98. The zero-order chi connectivity index (χ0) is 22.9. The first-order valence-corrected chi connectivity index (χ1v) is 11.4. The number of nitrogens with two attached hydrogens (primary N) is 1. The lowest BCUT2D eigenvalue weighted by Gasteiger charge is -2.11. The molecular formula is C26H28N6O. The summed E-state index contributed by atoms with van der Waals surface area (Å²) in [6.07, 6.45) is 4.91. The molecule has 0 spiro atoms. The van der Waals surface area contributed by atoms with Crippen LogP contribution in [0.2, 0.25) is 0 Å². The van der Waals surface area contributed by atoms with Crippen LogP contribution in [-0.4, -0.2) is 25.7 Å². The number of amides is 1. The number of nitrogen functional groups attached to an aromatic ring is 1. The monoisotopic (exact) mass is 440 g/mol.